The lowest BCUT2D eigenvalue weighted by Crippen LogP contribution is -2.32. The van der Waals surface area contributed by atoms with Gasteiger partial charge in [-0.05, 0) is 18.4 Å². The molecule has 1 heterocycles. The van der Waals surface area contributed by atoms with Crippen LogP contribution >= 0.6 is 0 Å². The number of aromatic nitrogens is 2. The number of aromatic hydroxyl groups is 1. The summed E-state index contributed by atoms with van der Waals surface area (Å²) in [6.45, 7) is 4.45. The first-order valence-corrected chi connectivity index (χ1v) is 9.70. The molecule has 0 unspecified atom stereocenters. The first-order chi connectivity index (χ1) is 13.1. The second-order valence-corrected chi connectivity index (χ2v) is 6.78. The standard InChI is InChI=1S/C21H29N3O3/c1-3-5-12-17(13-6-4-2)22-14-18-19(25)23-21(27)24(20(18)26)15-16-10-8-7-9-11-16/h7-11,14,17,26H,3-6,12-13,15H2,1-2H3,(H,23,25,27). The lowest BCUT2D eigenvalue weighted by Gasteiger charge is -2.12. The van der Waals surface area contributed by atoms with E-state index in [1.807, 2.05) is 30.3 Å². The zero-order chi connectivity index (χ0) is 19.6. The van der Waals surface area contributed by atoms with Crippen molar-refractivity contribution in [2.75, 3.05) is 0 Å². The summed E-state index contributed by atoms with van der Waals surface area (Å²) < 4.78 is 1.16. The molecule has 0 radical (unpaired) electrons. The Labute approximate surface area is 159 Å². The Balaban J connectivity index is 2.31. The molecule has 0 saturated heterocycles. The second-order valence-electron chi connectivity index (χ2n) is 6.78. The Morgan fingerprint density at radius 2 is 1.74 bits per heavy atom. The molecule has 1 aromatic heterocycles. The molecule has 2 N–H and O–H groups in total. The van der Waals surface area contributed by atoms with Crippen LogP contribution in [0.5, 0.6) is 5.88 Å². The van der Waals surface area contributed by atoms with Crippen molar-refractivity contribution in [3.05, 3.63) is 62.3 Å². The number of aromatic amines is 1. The van der Waals surface area contributed by atoms with Gasteiger partial charge in [0, 0.05) is 12.3 Å². The fourth-order valence-corrected chi connectivity index (χ4v) is 2.96. The van der Waals surface area contributed by atoms with Crippen molar-refractivity contribution in [3.8, 4) is 5.88 Å². The molecule has 0 aliphatic heterocycles. The van der Waals surface area contributed by atoms with Gasteiger partial charge in [-0.1, -0.05) is 69.9 Å². The number of hydrogen-bond acceptors (Lipinski definition) is 4. The van der Waals surface area contributed by atoms with Crippen molar-refractivity contribution in [1.82, 2.24) is 9.55 Å². The molecule has 146 valence electrons. The van der Waals surface area contributed by atoms with Crippen LogP contribution in [0.1, 0.15) is 63.5 Å². The fraction of sp³-hybridized carbons (Fsp3) is 0.476. The Morgan fingerprint density at radius 3 is 2.33 bits per heavy atom. The second kappa shape index (κ2) is 10.5. The van der Waals surface area contributed by atoms with E-state index < -0.39 is 11.2 Å². The maximum absolute atomic E-state index is 12.2. The molecule has 6 heteroatoms. The minimum absolute atomic E-state index is 0.0310. The van der Waals surface area contributed by atoms with E-state index in [4.69, 9.17) is 0 Å². The third-order valence-electron chi connectivity index (χ3n) is 4.59. The smallest absolute Gasteiger partial charge is 0.331 e. The predicted octanol–water partition coefficient (Wildman–Crippen LogP) is 3.46. The minimum Gasteiger partial charge on any atom is -0.494 e. The van der Waals surface area contributed by atoms with Crippen molar-refractivity contribution in [2.45, 2.75) is 65.0 Å². The Hall–Kier alpha value is -2.63. The zero-order valence-corrected chi connectivity index (χ0v) is 16.1. The Bertz CT molecular complexity index is 845. The molecule has 27 heavy (non-hydrogen) atoms. The number of unbranched alkanes of at least 4 members (excludes halogenated alkanes) is 2. The molecule has 0 aliphatic carbocycles. The van der Waals surface area contributed by atoms with E-state index in [0.29, 0.717) is 0 Å². The van der Waals surface area contributed by atoms with Crippen LogP contribution in [0.2, 0.25) is 0 Å². The van der Waals surface area contributed by atoms with Crippen LogP contribution in [0.25, 0.3) is 0 Å². The number of H-pyrrole nitrogens is 1. The van der Waals surface area contributed by atoms with E-state index in [1.54, 1.807) is 0 Å². The summed E-state index contributed by atoms with van der Waals surface area (Å²) in [7, 11) is 0. The van der Waals surface area contributed by atoms with E-state index in [0.717, 1.165) is 48.7 Å². The van der Waals surface area contributed by atoms with Crippen LogP contribution in [0.15, 0.2) is 44.9 Å². The van der Waals surface area contributed by atoms with E-state index in [9.17, 15) is 14.7 Å². The van der Waals surface area contributed by atoms with Gasteiger partial charge in [-0.3, -0.25) is 19.3 Å². The third kappa shape index (κ3) is 5.94. The molecule has 0 amide bonds. The molecule has 2 aromatic rings. The first kappa shape index (κ1) is 20.7. The molecular formula is C21H29N3O3. The number of nitrogens with one attached hydrogen (secondary N) is 1. The average molecular weight is 371 g/mol. The van der Waals surface area contributed by atoms with Crippen molar-refractivity contribution < 1.29 is 5.11 Å². The quantitative estimate of drug-likeness (QED) is 0.627. The highest BCUT2D eigenvalue weighted by molar-refractivity contribution is 5.82. The maximum atomic E-state index is 12.2. The number of aliphatic imine (C=N–C) groups is 1. The molecule has 6 nitrogen and oxygen atoms in total. The highest BCUT2D eigenvalue weighted by atomic mass is 16.3. The maximum Gasteiger partial charge on any atom is 0.331 e. The number of benzene rings is 1. The normalized spacial score (nSPS) is 11.5. The molecule has 0 aliphatic rings. The van der Waals surface area contributed by atoms with Crippen LogP contribution < -0.4 is 11.2 Å². The van der Waals surface area contributed by atoms with Gasteiger partial charge in [0.15, 0.2) is 0 Å². The number of rotatable bonds is 10. The predicted molar refractivity (Wildman–Crippen MR) is 109 cm³/mol. The summed E-state index contributed by atoms with van der Waals surface area (Å²) >= 11 is 0. The highest BCUT2D eigenvalue weighted by Crippen LogP contribution is 2.15. The number of hydrogen-bond donors (Lipinski definition) is 2. The van der Waals surface area contributed by atoms with Crippen LogP contribution in [0.3, 0.4) is 0 Å². The molecule has 1 aromatic carbocycles. The number of nitrogens with zero attached hydrogens (tertiary/aromatic N) is 2. The van der Waals surface area contributed by atoms with Gasteiger partial charge in [0.05, 0.1) is 6.54 Å². The highest BCUT2D eigenvalue weighted by Gasteiger charge is 2.14. The van der Waals surface area contributed by atoms with E-state index >= 15 is 0 Å². The van der Waals surface area contributed by atoms with Gasteiger partial charge >= 0.3 is 5.69 Å². The molecule has 0 saturated carbocycles. The average Bonchev–Trinajstić information content (AvgIpc) is 2.67. The van der Waals surface area contributed by atoms with Crippen molar-refractivity contribution in [3.63, 3.8) is 0 Å². The van der Waals surface area contributed by atoms with E-state index in [2.05, 4.69) is 23.8 Å². The molecule has 0 atom stereocenters. The summed E-state index contributed by atoms with van der Waals surface area (Å²) in [5.41, 5.74) is -0.362. The van der Waals surface area contributed by atoms with Gasteiger partial charge < -0.3 is 5.11 Å². The van der Waals surface area contributed by atoms with Crippen LogP contribution in [0, 0.1) is 0 Å². The van der Waals surface area contributed by atoms with Crippen molar-refractivity contribution in [2.24, 2.45) is 4.99 Å². The van der Waals surface area contributed by atoms with E-state index in [-0.39, 0.29) is 24.0 Å². The molecule has 0 spiro atoms. The lowest BCUT2D eigenvalue weighted by molar-refractivity contribution is 0.408. The summed E-state index contributed by atoms with van der Waals surface area (Å²) in [6, 6.07) is 9.43. The molecule has 2 rings (SSSR count). The van der Waals surface area contributed by atoms with Crippen LogP contribution in [0.4, 0.5) is 0 Å². The lowest BCUT2D eigenvalue weighted by atomic mass is 10.0. The summed E-state index contributed by atoms with van der Waals surface area (Å²) in [6.07, 6.45) is 7.65. The molecular weight excluding hydrogens is 342 g/mol. The van der Waals surface area contributed by atoms with Gasteiger partial charge in [-0.25, -0.2) is 4.79 Å². The third-order valence-corrected chi connectivity index (χ3v) is 4.59. The molecule has 0 bridgehead atoms. The monoisotopic (exact) mass is 371 g/mol. The van der Waals surface area contributed by atoms with Crippen molar-refractivity contribution >= 4 is 6.21 Å². The van der Waals surface area contributed by atoms with E-state index in [1.165, 1.54) is 6.21 Å². The summed E-state index contributed by atoms with van der Waals surface area (Å²) in [5.74, 6) is -0.346. The van der Waals surface area contributed by atoms with Gasteiger partial charge in [0.2, 0.25) is 5.88 Å². The Morgan fingerprint density at radius 1 is 1.11 bits per heavy atom. The van der Waals surface area contributed by atoms with Gasteiger partial charge in [-0.2, -0.15) is 0 Å². The largest absolute Gasteiger partial charge is 0.494 e. The summed E-state index contributed by atoms with van der Waals surface area (Å²) in [5, 5.41) is 10.5. The van der Waals surface area contributed by atoms with Crippen LogP contribution in [-0.4, -0.2) is 26.9 Å². The molecule has 0 fully saturated rings. The van der Waals surface area contributed by atoms with Gasteiger partial charge in [-0.15, -0.1) is 0 Å². The zero-order valence-electron chi connectivity index (χ0n) is 16.1. The minimum atomic E-state index is -0.632. The topological polar surface area (TPSA) is 87.4 Å². The first-order valence-electron chi connectivity index (χ1n) is 9.70. The summed E-state index contributed by atoms with van der Waals surface area (Å²) in [4.78, 5) is 31.2. The SMILES string of the molecule is CCCCC(CCCC)N=Cc1c(O)n(Cc2ccccc2)c(=O)[nH]c1=O. The van der Waals surface area contributed by atoms with Crippen molar-refractivity contribution in [1.29, 1.82) is 0 Å². The van der Waals surface area contributed by atoms with Gasteiger partial charge in [0.1, 0.15) is 5.56 Å². The van der Waals surface area contributed by atoms with Crippen LogP contribution in [-0.2, 0) is 6.54 Å². The van der Waals surface area contributed by atoms with Gasteiger partial charge in [0.25, 0.3) is 5.56 Å². The fourth-order valence-electron chi connectivity index (χ4n) is 2.96. The Kier molecular flexibility index (Phi) is 8.04.